The van der Waals surface area contributed by atoms with Crippen molar-refractivity contribution < 1.29 is 0 Å². The Morgan fingerprint density at radius 2 is 2.20 bits per heavy atom. The van der Waals surface area contributed by atoms with Crippen LogP contribution in [0.3, 0.4) is 0 Å². The highest BCUT2D eigenvalue weighted by Gasteiger charge is 2.08. The highest BCUT2D eigenvalue weighted by Crippen LogP contribution is 2.31. The van der Waals surface area contributed by atoms with E-state index in [-0.39, 0.29) is 0 Å². The number of thiophene rings is 1. The van der Waals surface area contributed by atoms with E-state index < -0.39 is 0 Å². The molecule has 2 aromatic rings. The Balaban J connectivity index is 2.51. The summed E-state index contributed by atoms with van der Waals surface area (Å²) in [5.74, 6) is 0.625. The van der Waals surface area contributed by atoms with Crippen molar-refractivity contribution in [1.29, 1.82) is 0 Å². The Morgan fingerprint density at radius 1 is 1.40 bits per heavy atom. The van der Waals surface area contributed by atoms with Crippen molar-refractivity contribution >= 4 is 28.9 Å². The lowest BCUT2D eigenvalue weighted by molar-refractivity contribution is 1.13. The van der Waals surface area contributed by atoms with Gasteiger partial charge < -0.3 is 5.32 Å². The molecule has 0 amide bonds. The van der Waals surface area contributed by atoms with E-state index in [2.05, 4.69) is 15.3 Å². The van der Waals surface area contributed by atoms with Crippen LogP contribution in [0.25, 0.3) is 10.6 Å². The van der Waals surface area contributed by atoms with Crippen molar-refractivity contribution in [1.82, 2.24) is 9.97 Å². The number of aromatic nitrogens is 2. The summed E-state index contributed by atoms with van der Waals surface area (Å²) in [5, 5.41) is 2.92. The van der Waals surface area contributed by atoms with Crippen molar-refractivity contribution in [3.63, 3.8) is 0 Å². The van der Waals surface area contributed by atoms with Crippen molar-refractivity contribution in [2.75, 3.05) is 12.4 Å². The molecule has 1 N–H and O–H groups in total. The van der Waals surface area contributed by atoms with Crippen LogP contribution >= 0.6 is 22.9 Å². The number of nitrogens with one attached hydrogen (secondary N) is 1. The van der Waals surface area contributed by atoms with Crippen LogP contribution in [-0.4, -0.2) is 17.0 Å². The van der Waals surface area contributed by atoms with Crippen molar-refractivity contribution in [2.24, 2.45) is 0 Å². The molecule has 0 aliphatic rings. The molecule has 0 fully saturated rings. The van der Waals surface area contributed by atoms with Crippen LogP contribution in [0, 0.1) is 6.92 Å². The van der Waals surface area contributed by atoms with Crippen LogP contribution in [-0.2, 0) is 0 Å². The van der Waals surface area contributed by atoms with Gasteiger partial charge in [-0.1, -0.05) is 11.6 Å². The number of halogens is 1. The summed E-state index contributed by atoms with van der Waals surface area (Å²) in [4.78, 5) is 9.61. The van der Waals surface area contributed by atoms with Gasteiger partial charge in [0.15, 0.2) is 0 Å². The minimum absolute atomic E-state index is 0.625. The average Bonchev–Trinajstić information content (AvgIpc) is 2.65. The summed E-state index contributed by atoms with van der Waals surface area (Å²) in [5.41, 5.74) is 1.98. The maximum absolute atomic E-state index is 5.90. The van der Waals surface area contributed by atoms with Crippen LogP contribution in [0.2, 0.25) is 4.34 Å². The van der Waals surface area contributed by atoms with Gasteiger partial charge in [0.25, 0.3) is 0 Å². The smallest absolute Gasteiger partial charge is 0.222 e. The fourth-order valence-electron chi connectivity index (χ4n) is 1.25. The maximum atomic E-state index is 5.90. The normalized spacial score (nSPS) is 10.3. The summed E-state index contributed by atoms with van der Waals surface area (Å²) >= 11 is 7.42. The van der Waals surface area contributed by atoms with Gasteiger partial charge in [0.2, 0.25) is 5.95 Å². The second-order valence-corrected chi connectivity index (χ2v) is 4.79. The molecule has 78 valence electrons. The van der Waals surface area contributed by atoms with E-state index >= 15 is 0 Å². The Hall–Kier alpha value is -1.13. The van der Waals surface area contributed by atoms with Gasteiger partial charge in [-0.25, -0.2) is 9.97 Å². The fraction of sp³-hybridized carbons (Fsp3) is 0.200. The van der Waals surface area contributed by atoms with Gasteiger partial charge in [-0.2, -0.15) is 0 Å². The molecule has 0 aliphatic heterocycles. The minimum Gasteiger partial charge on any atom is -0.357 e. The molecule has 3 nitrogen and oxygen atoms in total. The summed E-state index contributed by atoms with van der Waals surface area (Å²) < 4.78 is 0.772. The van der Waals surface area contributed by atoms with Gasteiger partial charge >= 0.3 is 0 Å². The van der Waals surface area contributed by atoms with Crippen LogP contribution < -0.4 is 5.32 Å². The van der Waals surface area contributed by atoms with E-state index in [1.165, 1.54) is 11.3 Å². The van der Waals surface area contributed by atoms with Crippen molar-refractivity contribution in [2.45, 2.75) is 6.92 Å². The SMILES string of the molecule is CNc1ncc(C)c(-c2ccc(Cl)s2)n1. The molecule has 5 heteroatoms. The van der Waals surface area contributed by atoms with E-state index in [4.69, 9.17) is 11.6 Å². The highest BCUT2D eigenvalue weighted by molar-refractivity contribution is 7.19. The summed E-state index contributed by atoms with van der Waals surface area (Å²) in [6.07, 6.45) is 1.81. The molecule has 0 atom stereocenters. The lowest BCUT2D eigenvalue weighted by Crippen LogP contribution is -1.98. The van der Waals surface area contributed by atoms with Gasteiger partial charge in [-0.05, 0) is 24.6 Å². The summed E-state index contributed by atoms with van der Waals surface area (Å²) in [6.45, 7) is 1.99. The quantitative estimate of drug-likeness (QED) is 0.875. The molecule has 2 heterocycles. The second-order valence-electron chi connectivity index (χ2n) is 3.08. The lowest BCUT2D eigenvalue weighted by atomic mass is 10.2. The van der Waals surface area contributed by atoms with E-state index in [0.717, 1.165) is 20.5 Å². The first kappa shape index (κ1) is 10.4. The van der Waals surface area contributed by atoms with E-state index in [0.29, 0.717) is 5.95 Å². The first-order valence-corrected chi connectivity index (χ1v) is 5.67. The zero-order valence-corrected chi connectivity index (χ0v) is 9.99. The zero-order chi connectivity index (χ0) is 10.8. The molecular formula is C10H10ClN3S. The van der Waals surface area contributed by atoms with Crippen LogP contribution in [0.5, 0.6) is 0 Å². The average molecular weight is 240 g/mol. The first-order chi connectivity index (χ1) is 7.20. The molecule has 0 unspecified atom stereocenters. The largest absolute Gasteiger partial charge is 0.357 e. The third-order valence-electron chi connectivity index (χ3n) is 2.00. The molecule has 0 spiro atoms. The van der Waals surface area contributed by atoms with Crippen molar-refractivity contribution in [3.8, 4) is 10.6 Å². The Bertz CT molecular complexity index is 481. The predicted molar refractivity (Wildman–Crippen MR) is 64.6 cm³/mol. The van der Waals surface area contributed by atoms with Gasteiger partial charge in [-0.3, -0.25) is 0 Å². The third kappa shape index (κ3) is 2.11. The van der Waals surface area contributed by atoms with E-state index in [1.54, 1.807) is 7.05 Å². The zero-order valence-electron chi connectivity index (χ0n) is 8.41. The lowest BCUT2D eigenvalue weighted by Gasteiger charge is -2.04. The Labute approximate surface area is 97.2 Å². The third-order valence-corrected chi connectivity index (χ3v) is 3.24. The summed E-state index contributed by atoms with van der Waals surface area (Å²) in [6, 6.07) is 3.85. The molecule has 0 radical (unpaired) electrons. The monoisotopic (exact) mass is 239 g/mol. The van der Waals surface area contributed by atoms with E-state index in [9.17, 15) is 0 Å². The van der Waals surface area contributed by atoms with Crippen molar-refractivity contribution in [3.05, 3.63) is 28.2 Å². The number of aryl methyl sites for hydroxylation is 1. The summed E-state index contributed by atoms with van der Waals surface area (Å²) in [7, 11) is 1.80. The van der Waals surface area contributed by atoms with Gasteiger partial charge in [0.05, 0.1) is 14.9 Å². The number of rotatable bonds is 2. The van der Waals surface area contributed by atoms with Crippen LogP contribution in [0.15, 0.2) is 18.3 Å². The van der Waals surface area contributed by atoms with Crippen LogP contribution in [0.4, 0.5) is 5.95 Å². The molecular weight excluding hydrogens is 230 g/mol. The standard InChI is InChI=1S/C10H10ClN3S/c1-6-5-13-10(12-2)14-9(6)7-3-4-8(11)15-7/h3-5H,1-2H3,(H,12,13,14). The molecule has 0 saturated heterocycles. The molecule has 15 heavy (non-hydrogen) atoms. The molecule has 2 aromatic heterocycles. The van der Waals surface area contributed by atoms with Gasteiger partial charge in [0, 0.05) is 13.2 Å². The van der Waals surface area contributed by atoms with E-state index in [1.807, 2.05) is 25.3 Å². The molecule has 2 rings (SSSR count). The minimum atomic E-state index is 0.625. The predicted octanol–water partition coefficient (Wildman–Crippen LogP) is 3.21. The number of nitrogens with zero attached hydrogens (tertiary/aromatic N) is 2. The Kier molecular flexibility index (Phi) is 2.88. The molecule has 0 aliphatic carbocycles. The topological polar surface area (TPSA) is 37.8 Å². The molecule has 0 aromatic carbocycles. The fourth-order valence-corrected chi connectivity index (χ4v) is 2.35. The molecule has 0 bridgehead atoms. The first-order valence-electron chi connectivity index (χ1n) is 4.48. The number of anilines is 1. The molecule has 0 saturated carbocycles. The van der Waals surface area contributed by atoms with Gasteiger partial charge in [0.1, 0.15) is 0 Å². The Morgan fingerprint density at radius 3 is 2.80 bits per heavy atom. The number of hydrogen-bond acceptors (Lipinski definition) is 4. The second kappa shape index (κ2) is 4.16. The number of hydrogen-bond donors (Lipinski definition) is 1. The van der Waals surface area contributed by atoms with Crippen LogP contribution in [0.1, 0.15) is 5.56 Å². The maximum Gasteiger partial charge on any atom is 0.222 e. The highest BCUT2D eigenvalue weighted by atomic mass is 35.5. The van der Waals surface area contributed by atoms with Gasteiger partial charge in [-0.15, -0.1) is 11.3 Å².